The summed E-state index contributed by atoms with van der Waals surface area (Å²) in [6, 6.07) is 23.2. The van der Waals surface area contributed by atoms with E-state index in [4.69, 9.17) is 9.15 Å². The van der Waals surface area contributed by atoms with Crippen molar-refractivity contribution in [2.24, 2.45) is 5.10 Å². The maximum absolute atomic E-state index is 12.4. The Bertz CT molecular complexity index is 1370. The van der Waals surface area contributed by atoms with Crippen LogP contribution in [0.15, 0.2) is 105 Å². The van der Waals surface area contributed by atoms with E-state index in [1.807, 2.05) is 0 Å². The molecular weight excluding hydrogens is 514 g/mol. The summed E-state index contributed by atoms with van der Waals surface area (Å²) in [5.41, 5.74) is 4.32. The van der Waals surface area contributed by atoms with Gasteiger partial charge in [-0.1, -0.05) is 28.1 Å². The van der Waals surface area contributed by atoms with Crippen molar-refractivity contribution in [3.63, 3.8) is 0 Å². The predicted molar refractivity (Wildman–Crippen MR) is 134 cm³/mol. The monoisotopic (exact) mass is 531 g/mol. The Morgan fingerprint density at radius 1 is 0.829 bits per heavy atom. The average Bonchev–Trinajstić information content (AvgIpc) is 3.41. The number of carbonyl (C=O) groups excluding carboxylic acids is 3. The summed E-state index contributed by atoms with van der Waals surface area (Å²) in [6.07, 6.45) is 2.75. The fraction of sp³-hybridized carbons (Fsp3) is 0. The quantitative estimate of drug-likeness (QED) is 0.146. The van der Waals surface area contributed by atoms with Crippen LogP contribution in [0.5, 0.6) is 5.75 Å². The third kappa shape index (κ3) is 6.30. The molecule has 174 valence electrons. The van der Waals surface area contributed by atoms with Crippen LogP contribution >= 0.6 is 15.9 Å². The molecule has 0 bridgehead atoms. The normalized spacial score (nSPS) is 10.7. The summed E-state index contributed by atoms with van der Waals surface area (Å²) in [7, 11) is 0. The van der Waals surface area contributed by atoms with Gasteiger partial charge in [-0.05, 0) is 72.8 Å². The fourth-order valence-corrected chi connectivity index (χ4v) is 3.22. The number of carbonyl (C=O) groups is 3. The number of rotatable bonds is 7. The standard InChI is InChI=1S/C26H18BrN3O5/c27-20-11-7-17(8-12-20)24(31)29-21-13-9-18(10-14-21)25(32)30-28-16-19-4-1-2-5-22(19)35-26(33)23-6-3-15-34-23/h1-16H,(H,29,31)(H,30,32)/b28-16-. The molecule has 0 spiro atoms. The first-order valence-corrected chi connectivity index (χ1v) is 11.1. The second-order valence-corrected chi connectivity index (χ2v) is 8.06. The molecule has 0 radical (unpaired) electrons. The number of nitrogens with one attached hydrogen (secondary N) is 2. The molecule has 2 amide bonds. The molecule has 9 heteroatoms. The number of esters is 1. The lowest BCUT2D eigenvalue weighted by Crippen LogP contribution is -2.18. The predicted octanol–water partition coefficient (Wildman–Crippen LogP) is 5.28. The zero-order valence-corrected chi connectivity index (χ0v) is 19.7. The van der Waals surface area contributed by atoms with Crippen molar-refractivity contribution in [2.75, 3.05) is 5.32 Å². The molecule has 2 N–H and O–H groups in total. The molecule has 0 aliphatic carbocycles. The molecule has 3 aromatic carbocycles. The highest BCUT2D eigenvalue weighted by Gasteiger charge is 2.13. The maximum atomic E-state index is 12.4. The molecule has 1 aromatic heterocycles. The van der Waals surface area contributed by atoms with E-state index >= 15 is 0 Å². The molecule has 0 fully saturated rings. The van der Waals surface area contributed by atoms with E-state index in [0.717, 1.165) is 4.47 Å². The SMILES string of the molecule is O=C(N/N=C\c1ccccc1OC(=O)c1ccco1)c1ccc(NC(=O)c2ccc(Br)cc2)cc1. The van der Waals surface area contributed by atoms with Gasteiger partial charge in [0, 0.05) is 26.9 Å². The van der Waals surface area contributed by atoms with Crippen LogP contribution in [0.1, 0.15) is 36.8 Å². The van der Waals surface area contributed by atoms with E-state index in [-0.39, 0.29) is 17.4 Å². The topological polar surface area (TPSA) is 110 Å². The minimum absolute atomic E-state index is 0.0709. The van der Waals surface area contributed by atoms with Gasteiger partial charge < -0.3 is 14.5 Å². The lowest BCUT2D eigenvalue weighted by Gasteiger charge is -2.07. The lowest BCUT2D eigenvalue weighted by atomic mass is 10.1. The number of hydrogen-bond donors (Lipinski definition) is 2. The van der Waals surface area contributed by atoms with E-state index < -0.39 is 11.9 Å². The highest BCUT2D eigenvalue weighted by Crippen LogP contribution is 2.18. The van der Waals surface area contributed by atoms with Crippen LogP contribution in [0.4, 0.5) is 5.69 Å². The Morgan fingerprint density at radius 2 is 1.51 bits per heavy atom. The summed E-state index contributed by atoms with van der Waals surface area (Å²) >= 11 is 3.33. The second kappa shape index (κ2) is 11.1. The van der Waals surface area contributed by atoms with Crippen LogP contribution < -0.4 is 15.5 Å². The van der Waals surface area contributed by atoms with E-state index in [2.05, 4.69) is 31.8 Å². The highest BCUT2D eigenvalue weighted by molar-refractivity contribution is 9.10. The minimum Gasteiger partial charge on any atom is -0.457 e. The van der Waals surface area contributed by atoms with Gasteiger partial charge in [0.15, 0.2) is 0 Å². The number of hydrazone groups is 1. The first kappa shape index (κ1) is 23.7. The molecule has 4 rings (SSSR count). The van der Waals surface area contributed by atoms with Crippen molar-refractivity contribution in [1.82, 2.24) is 5.43 Å². The summed E-state index contributed by atoms with van der Waals surface area (Å²) in [6.45, 7) is 0. The first-order chi connectivity index (χ1) is 17.0. The van der Waals surface area contributed by atoms with Crippen LogP contribution in [0, 0.1) is 0 Å². The Labute approximate surface area is 208 Å². The molecule has 4 aromatic rings. The molecule has 0 unspecified atom stereocenters. The zero-order chi connectivity index (χ0) is 24.6. The third-order valence-corrected chi connectivity index (χ3v) is 5.25. The van der Waals surface area contributed by atoms with Crippen LogP contribution in [0.3, 0.4) is 0 Å². The number of halogens is 1. The van der Waals surface area contributed by atoms with Crippen molar-refractivity contribution >= 4 is 45.6 Å². The number of ether oxygens (including phenoxy) is 1. The van der Waals surface area contributed by atoms with Gasteiger partial charge in [-0.3, -0.25) is 9.59 Å². The number of furan rings is 1. The van der Waals surface area contributed by atoms with Crippen molar-refractivity contribution < 1.29 is 23.5 Å². The molecule has 1 heterocycles. The Kier molecular flexibility index (Phi) is 7.49. The van der Waals surface area contributed by atoms with Crippen molar-refractivity contribution in [1.29, 1.82) is 0 Å². The largest absolute Gasteiger partial charge is 0.457 e. The number of nitrogens with zero attached hydrogens (tertiary/aromatic N) is 1. The summed E-state index contributed by atoms with van der Waals surface area (Å²) in [4.78, 5) is 36.9. The van der Waals surface area contributed by atoms with Crippen LogP contribution in [-0.2, 0) is 0 Å². The molecular formula is C26H18BrN3O5. The average molecular weight is 532 g/mol. The smallest absolute Gasteiger partial charge is 0.379 e. The van der Waals surface area contributed by atoms with Crippen molar-refractivity contribution in [3.8, 4) is 5.75 Å². The van der Waals surface area contributed by atoms with Crippen LogP contribution in [0.2, 0.25) is 0 Å². The van der Waals surface area contributed by atoms with Gasteiger partial charge in [0.25, 0.3) is 11.8 Å². The summed E-state index contributed by atoms with van der Waals surface area (Å²) < 4.78 is 11.3. The van der Waals surface area contributed by atoms with Gasteiger partial charge in [-0.25, -0.2) is 10.2 Å². The van der Waals surface area contributed by atoms with Gasteiger partial charge in [0.05, 0.1) is 12.5 Å². The Morgan fingerprint density at radius 3 is 2.23 bits per heavy atom. The van der Waals surface area contributed by atoms with E-state index in [1.165, 1.54) is 18.5 Å². The number of para-hydroxylation sites is 1. The molecule has 8 nitrogen and oxygen atoms in total. The van der Waals surface area contributed by atoms with Gasteiger partial charge in [-0.2, -0.15) is 5.10 Å². The summed E-state index contributed by atoms with van der Waals surface area (Å²) in [5, 5.41) is 6.73. The van der Waals surface area contributed by atoms with E-state index in [0.29, 0.717) is 22.4 Å². The Hall–Kier alpha value is -4.50. The van der Waals surface area contributed by atoms with Crippen molar-refractivity contribution in [3.05, 3.63) is 118 Å². The molecule has 0 aliphatic rings. The second-order valence-electron chi connectivity index (χ2n) is 7.14. The van der Waals surface area contributed by atoms with Gasteiger partial charge in [0.1, 0.15) is 5.75 Å². The number of anilines is 1. The van der Waals surface area contributed by atoms with Gasteiger partial charge in [-0.15, -0.1) is 0 Å². The lowest BCUT2D eigenvalue weighted by molar-refractivity contribution is 0.0700. The van der Waals surface area contributed by atoms with Crippen molar-refractivity contribution in [2.45, 2.75) is 0 Å². The van der Waals surface area contributed by atoms with E-state index in [1.54, 1.807) is 78.9 Å². The highest BCUT2D eigenvalue weighted by atomic mass is 79.9. The van der Waals surface area contributed by atoms with Gasteiger partial charge >= 0.3 is 5.97 Å². The minimum atomic E-state index is -0.646. The molecule has 0 aliphatic heterocycles. The van der Waals surface area contributed by atoms with E-state index in [9.17, 15) is 14.4 Å². The van der Waals surface area contributed by atoms with Gasteiger partial charge in [0.2, 0.25) is 5.76 Å². The Balaban J connectivity index is 1.35. The molecule has 0 atom stereocenters. The molecule has 35 heavy (non-hydrogen) atoms. The van der Waals surface area contributed by atoms with Crippen LogP contribution in [-0.4, -0.2) is 24.0 Å². The zero-order valence-electron chi connectivity index (χ0n) is 18.1. The third-order valence-electron chi connectivity index (χ3n) is 4.73. The first-order valence-electron chi connectivity index (χ1n) is 10.3. The summed E-state index contributed by atoms with van der Waals surface area (Å²) in [5.74, 6) is -1.02. The molecule has 0 saturated carbocycles. The van der Waals surface area contributed by atoms with Crippen LogP contribution in [0.25, 0.3) is 0 Å². The molecule has 0 saturated heterocycles. The number of amides is 2. The number of benzene rings is 3. The number of hydrogen-bond acceptors (Lipinski definition) is 6. The fourth-order valence-electron chi connectivity index (χ4n) is 2.96. The maximum Gasteiger partial charge on any atom is 0.379 e.